The summed E-state index contributed by atoms with van der Waals surface area (Å²) < 4.78 is 14.1. The highest BCUT2D eigenvalue weighted by Crippen LogP contribution is 2.36. The predicted molar refractivity (Wildman–Crippen MR) is 57.5 cm³/mol. The molecule has 0 radical (unpaired) electrons. The first kappa shape index (κ1) is 9.97. The van der Waals surface area contributed by atoms with Crippen molar-refractivity contribution >= 4 is 11.6 Å². The molecule has 0 saturated heterocycles. The van der Waals surface area contributed by atoms with Gasteiger partial charge in [-0.2, -0.15) is 0 Å². The van der Waals surface area contributed by atoms with Crippen molar-refractivity contribution < 1.29 is 4.39 Å². The molecule has 0 nitrogen and oxygen atoms in total. The highest BCUT2D eigenvalue weighted by Gasteiger charge is 2.33. The first-order valence-corrected chi connectivity index (χ1v) is 5.49. The van der Waals surface area contributed by atoms with Crippen molar-refractivity contribution in [1.82, 2.24) is 0 Å². The van der Waals surface area contributed by atoms with Gasteiger partial charge in [0.2, 0.25) is 0 Å². The van der Waals surface area contributed by atoms with Gasteiger partial charge in [-0.05, 0) is 30.5 Å². The Labute approximate surface area is 89.1 Å². The van der Waals surface area contributed by atoms with E-state index in [2.05, 4.69) is 0 Å². The second-order valence-corrected chi connectivity index (χ2v) is 4.60. The Balaban J connectivity index is 2.06. The van der Waals surface area contributed by atoms with Crippen molar-refractivity contribution in [2.75, 3.05) is 0 Å². The largest absolute Gasteiger partial charge is 0.244 e. The Morgan fingerprint density at radius 1 is 1.14 bits per heavy atom. The number of hydrogen-bond acceptors (Lipinski definition) is 0. The second kappa shape index (κ2) is 3.90. The highest BCUT2D eigenvalue weighted by molar-refractivity contribution is 6.30. The average molecular weight is 213 g/mol. The molecule has 0 bridgehead atoms. The van der Waals surface area contributed by atoms with Crippen LogP contribution in [0.25, 0.3) is 0 Å². The van der Waals surface area contributed by atoms with Gasteiger partial charge in [0.15, 0.2) is 0 Å². The lowest BCUT2D eigenvalue weighted by Crippen LogP contribution is -2.20. The lowest BCUT2D eigenvalue weighted by atomic mass is 9.95. The number of benzene rings is 1. The molecule has 1 aliphatic rings. The van der Waals surface area contributed by atoms with Gasteiger partial charge in [-0.15, -0.1) is 0 Å². The molecule has 0 spiro atoms. The van der Waals surface area contributed by atoms with Crippen molar-refractivity contribution in [3.63, 3.8) is 0 Å². The molecule has 0 aliphatic heterocycles. The van der Waals surface area contributed by atoms with Gasteiger partial charge in [-0.1, -0.05) is 36.6 Å². The topological polar surface area (TPSA) is 0 Å². The molecule has 14 heavy (non-hydrogen) atoms. The second-order valence-electron chi connectivity index (χ2n) is 4.16. The van der Waals surface area contributed by atoms with Gasteiger partial charge in [0.1, 0.15) is 5.67 Å². The van der Waals surface area contributed by atoms with E-state index >= 15 is 0 Å². The standard InChI is InChI=1S/C12H14ClF/c13-11-5-3-10(4-6-11)9-12(14)7-1-2-8-12/h3-6H,1-2,7-9H2. The van der Waals surface area contributed by atoms with Crippen LogP contribution in [-0.2, 0) is 6.42 Å². The first-order chi connectivity index (χ1) is 6.68. The summed E-state index contributed by atoms with van der Waals surface area (Å²) in [5, 5.41) is 0.716. The molecule has 1 aromatic rings. The summed E-state index contributed by atoms with van der Waals surface area (Å²) in [6.45, 7) is 0. The fourth-order valence-electron chi connectivity index (χ4n) is 2.15. The zero-order valence-electron chi connectivity index (χ0n) is 8.10. The Morgan fingerprint density at radius 2 is 1.71 bits per heavy atom. The van der Waals surface area contributed by atoms with Crippen LogP contribution >= 0.6 is 11.6 Å². The van der Waals surface area contributed by atoms with Gasteiger partial charge in [0.25, 0.3) is 0 Å². The molecule has 0 N–H and O–H groups in total. The van der Waals surface area contributed by atoms with Crippen LogP contribution < -0.4 is 0 Å². The van der Waals surface area contributed by atoms with Crippen molar-refractivity contribution in [3.05, 3.63) is 34.9 Å². The Hall–Kier alpha value is -0.560. The molecule has 2 heteroatoms. The van der Waals surface area contributed by atoms with Gasteiger partial charge in [0, 0.05) is 11.4 Å². The minimum absolute atomic E-state index is 0.546. The normalized spacial score (nSPS) is 19.9. The molecule has 2 rings (SSSR count). The SMILES string of the molecule is FC1(Cc2ccc(Cl)cc2)CCCC1. The zero-order chi connectivity index (χ0) is 10.0. The van der Waals surface area contributed by atoms with Crippen molar-refractivity contribution in [3.8, 4) is 0 Å². The fourth-order valence-corrected chi connectivity index (χ4v) is 2.28. The third-order valence-electron chi connectivity index (χ3n) is 2.93. The van der Waals surface area contributed by atoms with Crippen molar-refractivity contribution in [2.24, 2.45) is 0 Å². The predicted octanol–water partition coefficient (Wildman–Crippen LogP) is 4.16. The minimum Gasteiger partial charge on any atom is -0.244 e. The number of rotatable bonds is 2. The van der Waals surface area contributed by atoms with E-state index in [-0.39, 0.29) is 0 Å². The smallest absolute Gasteiger partial charge is 0.115 e. The van der Waals surface area contributed by atoms with E-state index in [1.54, 1.807) is 0 Å². The molecular weight excluding hydrogens is 199 g/mol. The number of alkyl halides is 1. The van der Waals surface area contributed by atoms with Crippen LogP contribution in [-0.4, -0.2) is 5.67 Å². The summed E-state index contributed by atoms with van der Waals surface area (Å²) in [6, 6.07) is 7.49. The third kappa shape index (κ3) is 2.27. The maximum Gasteiger partial charge on any atom is 0.115 e. The molecule has 1 fully saturated rings. The van der Waals surface area contributed by atoms with Crippen molar-refractivity contribution in [1.29, 1.82) is 0 Å². The lowest BCUT2D eigenvalue weighted by molar-refractivity contribution is 0.173. The molecule has 0 unspecified atom stereocenters. The Kier molecular flexibility index (Phi) is 2.78. The molecule has 0 amide bonds. The fraction of sp³-hybridized carbons (Fsp3) is 0.500. The molecule has 1 saturated carbocycles. The van der Waals surface area contributed by atoms with E-state index in [1.165, 1.54) is 0 Å². The molecule has 1 aliphatic carbocycles. The van der Waals surface area contributed by atoms with Gasteiger partial charge < -0.3 is 0 Å². The quantitative estimate of drug-likeness (QED) is 0.691. The molecule has 1 aromatic carbocycles. The van der Waals surface area contributed by atoms with E-state index in [4.69, 9.17) is 11.6 Å². The van der Waals surface area contributed by atoms with Crippen molar-refractivity contribution in [2.45, 2.75) is 37.8 Å². The van der Waals surface area contributed by atoms with Gasteiger partial charge in [-0.25, -0.2) is 4.39 Å². The van der Waals surface area contributed by atoms with Crippen LogP contribution in [0.15, 0.2) is 24.3 Å². The minimum atomic E-state index is -0.951. The lowest BCUT2D eigenvalue weighted by Gasteiger charge is -2.18. The summed E-state index contributed by atoms with van der Waals surface area (Å²) in [5.74, 6) is 0. The molecule has 0 atom stereocenters. The van der Waals surface area contributed by atoms with Crippen LogP contribution in [0.3, 0.4) is 0 Å². The molecule has 0 heterocycles. The summed E-state index contributed by atoms with van der Waals surface area (Å²) in [4.78, 5) is 0. The van der Waals surface area contributed by atoms with Crippen LogP contribution in [0.1, 0.15) is 31.2 Å². The molecule has 0 aromatic heterocycles. The van der Waals surface area contributed by atoms with E-state index in [0.29, 0.717) is 11.4 Å². The van der Waals surface area contributed by atoms with Gasteiger partial charge in [0.05, 0.1) is 0 Å². The maximum absolute atomic E-state index is 14.1. The van der Waals surface area contributed by atoms with Gasteiger partial charge in [-0.3, -0.25) is 0 Å². The number of halogens is 2. The Bertz CT molecular complexity index is 299. The maximum atomic E-state index is 14.1. The molecule has 76 valence electrons. The summed E-state index contributed by atoms with van der Waals surface area (Å²) in [7, 11) is 0. The van der Waals surface area contributed by atoms with E-state index in [9.17, 15) is 4.39 Å². The summed E-state index contributed by atoms with van der Waals surface area (Å²) >= 11 is 5.77. The van der Waals surface area contributed by atoms with Crippen LogP contribution in [0, 0.1) is 0 Å². The first-order valence-electron chi connectivity index (χ1n) is 5.11. The summed E-state index contributed by atoms with van der Waals surface area (Å²) in [6.07, 6.45) is 4.05. The summed E-state index contributed by atoms with van der Waals surface area (Å²) in [5.41, 5.74) is 0.104. The number of hydrogen-bond donors (Lipinski definition) is 0. The van der Waals surface area contributed by atoms with Crippen LogP contribution in [0.2, 0.25) is 5.02 Å². The average Bonchev–Trinajstić information content (AvgIpc) is 2.57. The monoisotopic (exact) mass is 212 g/mol. The van der Waals surface area contributed by atoms with Gasteiger partial charge >= 0.3 is 0 Å². The molecular formula is C12H14ClF. The van der Waals surface area contributed by atoms with E-state index in [0.717, 1.165) is 31.2 Å². The Morgan fingerprint density at radius 3 is 2.29 bits per heavy atom. The third-order valence-corrected chi connectivity index (χ3v) is 3.19. The van der Waals surface area contributed by atoms with Crippen LogP contribution in [0.5, 0.6) is 0 Å². The van der Waals surface area contributed by atoms with E-state index in [1.807, 2.05) is 24.3 Å². The zero-order valence-corrected chi connectivity index (χ0v) is 8.86. The highest BCUT2D eigenvalue weighted by atomic mass is 35.5. The van der Waals surface area contributed by atoms with Crippen LogP contribution in [0.4, 0.5) is 4.39 Å². The van der Waals surface area contributed by atoms with E-state index < -0.39 is 5.67 Å².